The normalized spacial score (nSPS) is 28.9. The number of piperidine rings is 1. The lowest BCUT2D eigenvalue weighted by Crippen LogP contribution is -2.46. The molecular weight excluding hydrogens is 208 g/mol. The van der Waals surface area contributed by atoms with Crippen molar-refractivity contribution in [3.05, 3.63) is 0 Å². The van der Waals surface area contributed by atoms with E-state index in [1.165, 1.54) is 0 Å². The second-order valence-electron chi connectivity index (χ2n) is 5.52. The van der Waals surface area contributed by atoms with Gasteiger partial charge in [-0.2, -0.15) is 0 Å². The quantitative estimate of drug-likeness (QED) is 0.663. The Morgan fingerprint density at radius 3 is 2.69 bits per heavy atom. The summed E-state index contributed by atoms with van der Waals surface area (Å²) >= 11 is 0. The van der Waals surface area contributed by atoms with E-state index < -0.39 is 5.60 Å². The van der Waals surface area contributed by atoms with E-state index in [4.69, 9.17) is 4.74 Å². The van der Waals surface area contributed by atoms with Gasteiger partial charge < -0.3 is 15.0 Å². The summed E-state index contributed by atoms with van der Waals surface area (Å²) in [6.07, 6.45) is 0.525. The molecule has 16 heavy (non-hydrogen) atoms. The van der Waals surface area contributed by atoms with Gasteiger partial charge in [-0.1, -0.05) is 0 Å². The van der Waals surface area contributed by atoms with Crippen LogP contribution in [0.3, 0.4) is 0 Å². The van der Waals surface area contributed by atoms with E-state index in [-0.39, 0.29) is 24.0 Å². The van der Waals surface area contributed by atoms with Crippen LogP contribution >= 0.6 is 0 Å². The van der Waals surface area contributed by atoms with Crippen molar-refractivity contribution >= 4 is 12.0 Å². The molecule has 5 nitrogen and oxygen atoms in total. The van der Waals surface area contributed by atoms with E-state index in [1.807, 2.05) is 20.8 Å². The van der Waals surface area contributed by atoms with Gasteiger partial charge in [0.05, 0.1) is 5.92 Å². The topological polar surface area (TPSA) is 58.6 Å². The number of hydrogen-bond acceptors (Lipinski definition) is 3. The predicted molar refractivity (Wildman–Crippen MR) is 57.8 cm³/mol. The van der Waals surface area contributed by atoms with Crippen LogP contribution in [0.4, 0.5) is 4.79 Å². The molecule has 0 saturated carbocycles. The van der Waals surface area contributed by atoms with Crippen LogP contribution in [-0.4, -0.2) is 41.6 Å². The number of rotatable bonds is 0. The summed E-state index contributed by atoms with van der Waals surface area (Å²) in [5, 5.41) is 2.88. The number of nitrogens with zero attached hydrogens (tertiary/aromatic N) is 1. The first kappa shape index (κ1) is 11.2. The van der Waals surface area contributed by atoms with Crippen molar-refractivity contribution in [3.8, 4) is 0 Å². The zero-order valence-electron chi connectivity index (χ0n) is 9.95. The number of ether oxygens (including phenoxy) is 1. The largest absolute Gasteiger partial charge is 0.444 e. The molecule has 2 aliphatic heterocycles. The first-order chi connectivity index (χ1) is 7.35. The Morgan fingerprint density at radius 1 is 1.44 bits per heavy atom. The smallest absolute Gasteiger partial charge is 0.410 e. The summed E-state index contributed by atoms with van der Waals surface area (Å²) in [6.45, 7) is 6.57. The summed E-state index contributed by atoms with van der Waals surface area (Å²) in [6, 6.07) is 0.110. The van der Waals surface area contributed by atoms with Gasteiger partial charge in [0, 0.05) is 19.1 Å². The fourth-order valence-electron chi connectivity index (χ4n) is 2.19. The van der Waals surface area contributed by atoms with Crippen molar-refractivity contribution in [2.75, 3.05) is 13.1 Å². The van der Waals surface area contributed by atoms with E-state index in [9.17, 15) is 9.59 Å². The molecule has 0 radical (unpaired) electrons. The number of fused-ring (bicyclic) bond motifs is 2. The van der Waals surface area contributed by atoms with Gasteiger partial charge in [0.25, 0.3) is 0 Å². The molecule has 2 atom stereocenters. The number of nitrogens with one attached hydrogen (secondary N) is 1. The highest BCUT2D eigenvalue weighted by molar-refractivity contribution is 5.83. The van der Waals surface area contributed by atoms with Crippen molar-refractivity contribution in [2.45, 2.75) is 38.8 Å². The molecular formula is C11H18N2O3. The highest BCUT2D eigenvalue weighted by Gasteiger charge is 2.41. The number of amides is 2. The number of likely N-dealkylation sites (tertiary alicyclic amines) is 1. The zero-order valence-corrected chi connectivity index (χ0v) is 9.95. The lowest BCUT2D eigenvalue weighted by molar-refractivity contribution is -0.122. The highest BCUT2D eigenvalue weighted by atomic mass is 16.6. The Kier molecular flexibility index (Phi) is 2.56. The molecule has 0 aromatic heterocycles. The fourth-order valence-corrected chi connectivity index (χ4v) is 2.19. The van der Waals surface area contributed by atoms with Crippen molar-refractivity contribution in [1.29, 1.82) is 0 Å². The van der Waals surface area contributed by atoms with Crippen LogP contribution in [0.15, 0.2) is 0 Å². The first-order valence-corrected chi connectivity index (χ1v) is 5.63. The monoisotopic (exact) mass is 226 g/mol. The van der Waals surface area contributed by atoms with Gasteiger partial charge >= 0.3 is 6.09 Å². The van der Waals surface area contributed by atoms with E-state index in [2.05, 4.69) is 5.32 Å². The van der Waals surface area contributed by atoms with Crippen LogP contribution < -0.4 is 5.32 Å². The van der Waals surface area contributed by atoms with Crippen LogP contribution in [0, 0.1) is 5.92 Å². The lowest BCUT2D eigenvalue weighted by Gasteiger charge is -2.32. The van der Waals surface area contributed by atoms with Crippen molar-refractivity contribution < 1.29 is 14.3 Å². The molecule has 0 aromatic carbocycles. The summed E-state index contributed by atoms with van der Waals surface area (Å²) in [5.74, 6) is 0.0160. The molecule has 2 unspecified atom stereocenters. The summed E-state index contributed by atoms with van der Waals surface area (Å²) in [7, 11) is 0. The van der Waals surface area contributed by atoms with Gasteiger partial charge in [0.2, 0.25) is 5.91 Å². The molecule has 0 spiro atoms. The summed E-state index contributed by atoms with van der Waals surface area (Å²) in [5.41, 5.74) is -0.481. The summed E-state index contributed by atoms with van der Waals surface area (Å²) < 4.78 is 5.28. The minimum atomic E-state index is -0.481. The predicted octanol–water partition coefficient (Wildman–Crippen LogP) is 0.742. The molecule has 2 aliphatic rings. The minimum absolute atomic E-state index is 0.0498. The Balaban J connectivity index is 1.97. The first-order valence-electron chi connectivity index (χ1n) is 5.63. The number of carbonyl (C=O) groups excluding carboxylic acids is 2. The maximum atomic E-state index is 11.8. The van der Waals surface area contributed by atoms with Crippen LogP contribution in [-0.2, 0) is 9.53 Å². The standard InChI is InChI=1S/C11H18N2O3/c1-11(2,3)16-10(15)13-5-7-4-8(6-13)12-9(7)14/h7-8H,4-6H2,1-3H3,(H,12,14). The molecule has 2 fully saturated rings. The van der Waals surface area contributed by atoms with Gasteiger partial charge in [0.15, 0.2) is 0 Å². The van der Waals surface area contributed by atoms with Crippen molar-refractivity contribution in [3.63, 3.8) is 0 Å². The molecule has 5 heteroatoms. The highest BCUT2D eigenvalue weighted by Crippen LogP contribution is 2.24. The molecule has 2 rings (SSSR count). The van der Waals surface area contributed by atoms with Gasteiger partial charge in [-0.15, -0.1) is 0 Å². The SMILES string of the molecule is CC(C)(C)OC(=O)N1CC2CC(C1)C(=O)N2. The molecule has 0 aliphatic carbocycles. The average molecular weight is 226 g/mol. The second-order valence-corrected chi connectivity index (χ2v) is 5.52. The van der Waals surface area contributed by atoms with E-state index in [0.29, 0.717) is 13.1 Å². The Labute approximate surface area is 95.1 Å². The third-order valence-corrected chi connectivity index (χ3v) is 2.82. The van der Waals surface area contributed by atoms with Gasteiger partial charge in [-0.05, 0) is 27.2 Å². The zero-order chi connectivity index (χ0) is 11.9. The fraction of sp³-hybridized carbons (Fsp3) is 0.818. The van der Waals surface area contributed by atoms with Crippen LogP contribution in [0.2, 0.25) is 0 Å². The average Bonchev–Trinajstić information content (AvgIpc) is 2.37. The minimum Gasteiger partial charge on any atom is -0.444 e. The third kappa shape index (κ3) is 2.28. The van der Waals surface area contributed by atoms with Crippen LogP contribution in [0.5, 0.6) is 0 Å². The second kappa shape index (κ2) is 3.64. The maximum absolute atomic E-state index is 11.8. The molecule has 0 aromatic rings. The molecule has 2 saturated heterocycles. The number of hydrogen-bond donors (Lipinski definition) is 1. The molecule has 1 N–H and O–H groups in total. The molecule has 90 valence electrons. The Hall–Kier alpha value is -1.26. The van der Waals surface area contributed by atoms with Gasteiger partial charge in [0.1, 0.15) is 5.60 Å². The van der Waals surface area contributed by atoms with Gasteiger partial charge in [-0.25, -0.2) is 4.79 Å². The Bertz CT molecular complexity index is 322. The van der Waals surface area contributed by atoms with E-state index >= 15 is 0 Å². The molecule has 2 amide bonds. The van der Waals surface area contributed by atoms with Crippen molar-refractivity contribution in [1.82, 2.24) is 10.2 Å². The summed E-state index contributed by atoms with van der Waals surface area (Å²) in [4.78, 5) is 24.9. The van der Waals surface area contributed by atoms with E-state index in [0.717, 1.165) is 6.42 Å². The molecule has 2 bridgehead atoms. The lowest BCUT2D eigenvalue weighted by atomic mass is 10.00. The Morgan fingerprint density at radius 2 is 2.12 bits per heavy atom. The van der Waals surface area contributed by atoms with E-state index in [1.54, 1.807) is 4.90 Å². The number of carbonyl (C=O) groups is 2. The van der Waals surface area contributed by atoms with Crippen LogP contribution in [0.1, 0.15) is 27.2 Å². The maximum Gasteiger partial charge on any atom is 0.410 e. The van der Waals surface area contributed by atoms with Crippen LogP contribution in [0.25, 0.3) is 0 Å². The van der Waals surface area contributed by atoms with Crippen molar-refractivity contribution in [2.24, 2.45) is 5.92 Å². The third-order valence-electron chi connectivity index (χ3n) is 2.82. The molecule has 2 heterocycles. The van der Waals surface area contributed by atoms with Gasteiger partial charge in [-0.3, -0.25) is 4.79 Å².